The lowest BCUT2D eigenvalue weighted by molar-refractivity contribution is -0.121. The van der Waals surface area contributed by atoms with E-state index >= 15 is 0 Å². The van der Waals surface area contributed by atoms with Gasteiger partial charge in [-0.2, -0.15) is 0 Å². The molecule has 2 aromatic carbocycles. The predicted molar refractivity (Wildman–Crippen MR) is 131 cm³/mol. The number of nitrogens with one attached hydrogen (secondary N) is 2. The summed E-state index contributed by atoms with van der Waals surface area (Å²) < 4.78 is 5.96. The Morgan fingerprint density at radius 3 is 2.58 bits per heavy atom. The largest absolute Gasteiger partial charge is 0.497 e. The fraction of sp³-hybridized carbons (Fsp3) is 0.174. The second-order valence-electron chi connectivity index (χ2n) is 7.03. The van der Waals surface area contributed by atoms with Crippen LogP contribution in [0.15, 0.2) is 65.1 Å². The summed E-state index contributed by atoms with van der Waals surface area (Å²) in [4.78, 5) is 28.8. The van der Waals surface area contributed by atoms with E-state index in [2.05, 4.69) is 25.8 Å². The van der Waals surface area contributed by atoms with Crippen LogP contribution in [0.25, 0.3) is 10.9 Å². The topological polar surface area (TPSA) is 106 Å². The number of benzene rings is 2. The number of pyridine rings is 1. The van der Waals surface area contributed by atoms with Gasteiger partial charge in [-0.15, -0.1) is 10.2 Å². The van der Waals surface area contributed by atoms with E-state index in [1.165, 1.54) is 16.9 Å². The third-order valence-corrected chi connectivity index (χ3v) is 6.66. The summed E-state index contributed by atoms with van der Waals surface area (Å²) in [6.07, 6.45) is 1.66. The van der Waals surface area contributed by atoms with E-state index in [9.17, 15) is 9.59 Å². The van der Waals surface area contributed by atoms with E-state index in [1.807, 2.05) is 54.6 Å². The van der Waals surface area contributed by atoms with E-state index in [0.29, 0.717) is 10.8 Å². The molecule has 2 amide bonds. The van der Waals surface area contributed by atoms with Crippen molar-refractivity contribution in [1.82, 2.24) is 15.2 Å². The van der Waals surface area contributed by atoms with Crippen LogP contribution < -0.4 is 15.4 Å². The number of nitrogens with zero attached hydrogens (tertiary/aromatic N) is 3. The Labute approximate surface area is 198 Å². The van der Waals surface area contributed by atoms with Crippen molar-refractivity contribution in [3.8, 4) is 5.75 Å². The zero-order valence-electron chi connectivity index (χ0n) is 17.8. The maximum Gasteiger partial charge on any atom is 0.226 e. The van der Waals surface area contributed by atoms with Crippen LogP contribution in [0.5, 0.6) is 5.75 Å². The molecule has 0 saturated carbocycles. The van der Waals surface area contributed by atoms with Crippen LogP contribution in [0.1, 0.15) is 18.4 Å². The highest BCUT2D eigenvalue weighted by Gasteiger charge is 2.12. The molecule has 0 aliphatic heterocycles. The number of fused-ring (bicyclic) bond motifs is 1. The lowest BCUT2D eigenvalue weighted by Gasteiger charge is -2.07. The SMILES string of the molecule is COc1ccc2cc(NC(=O)CCC(=O)Nc3nnc(SCc4ccccc4)s3)cnc2c1. The maximum absolute atomic E-state index is 12.3. The highest BCUT2D eigenvalue weighted by Crippen LogP contribution is 2.28. The van der Waals surface area contributed by atoms with E-state index in [4.69, 9.17) is 4.74 Å². The molecule has 0 atom stereocenters. The second kappa shape index (κ2) is 10.9. The number of aromatic nitrogens is 3. The molecule has 0 bridgehead atoms. The van der Waals surface area contributed by atoms with E-state index < -0.39 is 0 Å². The summed E-state index contributed by atoms with van der Waals surface area (Å²) >= 11 is 2.87. The smallest absolute Gasteiger partial charge is 0.226 e. The van der Waals surface area contributed by atoms with Crippen LogP contribution in [0.2, 0.25) is 0 Å². The van der Waals surface area contributed by atoms with Crippen LogP contribution in [-0.4, -0.2) is 34.1 Å². The van der Waals surface area contributed by atoms with Gasteiger partial charge in [0.15, 0.2) is 4.34 Å². The molecule has 0 fully saturated rings. The number of anilines is 2. The lowest BCUT2D eigenvalue weighted by atomic mass is 10.2. The van der Waals surface area contributed by atoms with Crippen LogP contribution in [0.4, 0.5) is 10.8 Å². The quantitative estimate of drug-likeness (QED) is 0.264. The molecule has 2 N–H and O–H groups in total. The Kier molecular flexibility index (Phi) is 7.48. The normalized spacial score (nSPS) is 10.7. The molecule has 8 nitrogen and oxygen atoms in total. The number of methoxy groups -OCH3 is 1. The van der Waals surface area contributed by atoms with Gasteiger partial charge in [-0.25, -0.2) is 0 Å². The number of carbonyl (C=O) groups excluding carboxylic acids is 2. The van der Waals surface area contributed by atoms with Gasteiger partial charge in [0.1, 0.15) is 5.75 Å². The molecule has 33 heavy (non-hydrogen) atoms. The first-order chi connectivity index (χ1) is 16.1. The number of thioether (sulfide) groups is 1. The highest BCUT2D eigenvalue weighted by molar-refractivity contribution is 8.00. The molecule has 4 rings (SSSR count). The van der Waals surface area contributed by atoms with E-state index in [0.717, 1.165) is 26.7 Å². The molecule has 168 valence electrons. The fourth-order valence-electron chi connectivity index (χ4n) is 2.97. The van der Waals surface area contributed by atoms with Crippen molar-refractivity contribution in [2.24, 2.45) is 0 Å². The number of ether oxygens (including phenoxy) is 1. The average molecular weight is 480 g/mol. The predicted octanol–water partition coefficient (Wildman–Crippen LogP) is 4.74. The average Bonchev–Trinajstić information content (AvgIpc) is 3.29. The molecule has 0 aliphatic rings. The number of amides is 2. The summed E-state index contributed by atoms with van der Waals surface area (Å²) in [7, 11) is 1.60. The Balaban J connectivity index is 1.23. The fourth-order valence-corrected chi connectivity index (χ4v) is 4.69. The highest BCUT2D eigenvalue weighted by atomic mass is 32.2. The van der Waals surface area contributed by atoms with Gasteiger partial charge in [-0.1, -0.05) is 53.4 Å². The molecule has 0 spiro atoms. The second-order valence-corrected chi connectivity index (χ2v) is 9.23. The monoisotopic (exact) mass is 479 g/mol. The molecular formula is C23H21N5O3S2. The third-order valence-electron chi connectivity index (χ3n) is 4.61. The third kappa shape index (κ3) is 6.50. The van der Waals surface area contributed by atoms with Crippen molar-refractivity contribution in [3.05, 3.63) is 66.4 Å². The molecule has 0 aliphatic carbocycles. The Morgan fingerprint density at radius 2 is 1.79 bits per heavy atom. The number of hydrogen-bond donors (Lipinski definition) is 2. The molecule has 4 aromatic rings. The maximum atomic E-state index is 12.3. The zero-order valence-corrected chi connectivity index (χ0v) is 19.4. The van der Waals surface area contributed by atoms with Crippen LogP contribution in [0, 0.1) is 0 Å². The molecular weight excluding hydrogens is 458 g/mol. The van der Waals surface area contributed by atoms with Crippen molar-refractivity contribution in [1.29, 1.82) is 0 Å². The Morgan fingerprint density at radius 1 is 1.00 bits per heavy atom. The number of hydrogen-bond acceptors (Lipinski definition) is 8. The standard InChI is InChI=1S/C23H21N5O3S2/c1-31-18-8-7-16-11-17(13-24-19(16)12-18)25-20(29)9-10-21(30)26-22-27-28-23(33-22)32-14-15-5-3-2-4-6-15/h2-8,11-13H,9-10,14H2,1H3,(H,25,29)(H,26,27,30). The van der Waals surface area contributed by atoms with Crippen molar-refractivity contribution in [3.63, 3.8) is 0 Å². The van der Waals surface area contributed by atoms with Gasteiger partial charge >= 0.3 is 0 Å². The van der Waals surface area contributed by atoms with Gasteiger partial charge in [-0.05, 0) is 23.8 Å². The molecule has 0 unspecified atom stereocenters. The lowest BCUT2D eigenvalue weighted by Crippen LogP contribution is -2.17. The summed E-state index contributed by atoms with van der Waals surface area (Å²) in [6, 6.07) is 17.4. The summed E-state index contributed by atoms with van der Waals surface area (Å²) in [5.41, 5.74) is 2.53. The minimum atomic E-state index is -0.287. The Bertz CT molecular complexity index is 1260. The molecule has 0 radical (unpaired) electrons. The number of rotatable bonds is 9. The summed E-state index contributed by atoms with van der Waals surface area (Å²) in [5, 5.41) is 14.9. The van der Waals surface area contributed by atoms with Crippen molar-refractivity contribution >= 4 is 56.6 Å². The summed E-state index contributed by atoms with van der Waals surface area (Å²) in [6.45, 7) is 0. The first-order valence-electron chi connectivity index (χ1n) is 10.1. The van der Waals surface area contributed by atoms with Crippen molar-refractivity contribution < 1.29 is 14.3 Å². The minimum absolute atomic E-state index is 0.0378. The molecule has 10 heteroatoms. The zero-order chi connectivity index (χ0) is 23.0. The van der Waals surface area contributed by atoms with Crippen LogP contribution >= 0.6 is 23.1 Å². The van der Waals surface area contributed by atoms with Crippen molar-refractivity contribution in [2.75, 3.05) is 17.7 Å². The van der Waals surface area contributed by atoms with Crippen LogP contribution in [0.3, 0.4) is 0 Å². The van der Waals surface area contributed by atoms with Gasteiger partial charge in [0, 0.05) is 30.0 Å². The van der Waals surface area contributed by atoms with Gasteiger partial charge in [-0.3, -0.25) is 14.6 Å². The number of carbonyl (C=O) groups is 2. The minimum Gasteiger partial charge on any atom is -0.497 e. The van der Waals surface area contributed by atoms with Gasteiger partial charge < -0.3 is 15.4 Å². The molecule has 2 aromatic heterocycles. The van der Waals surface area contributed by atoms with Gasteiger partial charge in [0.2, 0.25) is 16.9 Å². The van der Waals surface area contributed by atoms with Gasteiger partial charge in [0.25, 0.3) is 0 Å². The van der Waals surface area contributed by atoms with E-state index in [-0.39, 0.29) is 24.7 Å². The summed E-state index contributed by atoms with van der Waals surface area (Å²) in [5.74, 6) is 0.941. The van der Waals surface area contributed by atoms with E-state index in [1.54, 1.807) is 25.1 Å². The van der Waals surface area contributed by atoms with Crippen molar-refractivity contribution in [2.45, 2.75) is 22.9 Å². The Hall–Kier alpha value is -3.50. The van der Waals surface area contributed by atoms with Crippen LogP contribution in [-0.2, 0) is 15.3 Å². The first kappa shape index (κ1) is 22.7. The molecule has 0 saturated heterocycles. The first-order valence-corrected chi connectivity index (χ1v) is 11.9. The molecule has 2 heterocycles. The van der Waals surface area contributed by atoms with Gasteiger partial charge in [0.05, 0.1) is 24.5 Å².